The Morgan fingerprint density at radius 3 is 2.74 bits per heavy atom. The van der Waals surface area contributed by atoms with E-state index in [9.17, 15) is 9.59 Å². The molecule has 3 atom stereocenters. The molecule has 7 heteroatoms. The van der Waals surface area contributed by atoms with Gasteiger partial charge in [0.25, 0.3) is 0 Å². The molecule has 2 aromatic heterocycles. The van der Waals surface area contributed by atoms with Crippen LogP contribution >= 0.6 is 0 Å². The molecule has 0 bridgehead atoms. The highest BCUT2D eigenvalue weighted by molar-refractivity contribution is 5.82. The van der Waals surface area contributed by atoms with Gasteiger partial charge in [-0.15, -0.1) is 0 Å². The number of fused-ring (bicyclic) bond motifs is 1. The maximum absolute atomic E-state index is 12.7. The first-order valence-corrected chi connectivity index (χ1v) is 9.58. The van der Waals surface area contributed by atoms with Crippen molar-refractivity contribution in [3.63, 3.8) is 0 Å². The number of amides is 2. The molecule has 2 aliphatic rings. The smallest absolute Gasteiger partial charge is 0.226 e. The van der Waals surface area contributed by atoms with Crippen LogP contribution in [0.2, 0.25) is 0 Å². The lowest BCUT2D eigenvalue weighted by atomic mass is 10.1. The fourth-order valence-corrected chi connectivity index (χ4v) is 3.79. The second kappa shape index (κ2) is 7.50. The zero-order chi connectivity index (χ0) is 18.8. The molecule has 4 rings (SSSR count). The molecule has 27 heavy (non-hydrogen) atoms. The standard InChI is InChI=1S/C20H25N5O2/c1-14-10-18(14)20(27)24-12-16-5-9-23-25(16)17(13-24)11-19(26)22-8-4-15-2-6-21-7-3-15/h2-3,5-7,9,14,17-18H,4,8,10-13H2,1H3,(H,22,26)/t14-,17-,18-/m1/s1. The van der Waals surface area contributed by atoms with Gasteiger partial charge in [0.05, 0.1) is 24.7 Å². The van der Waals surface area contributed by atoms with Crippen molar-refractivity contribution in [3.8, 4) is 0 Å². The third kappa shape index (κ3) is 4.02. The van der Waals surface area contributed by atoms with Crippen molar-refractivity contribution >= 4 is 11.8 Å². The minimum Gasteiger partial charge on any atom is -0.356 e. The summed E-state index contributed by atoms with van der Waals surface area (Å²) in [5.74, 6) is 0.858. The Hall–Kier alpha value is -2.70. The van der Waals surface area contributed by atoms with Crippen LogP contribution in [0.15, 0.2) is 36.8 Å². The van der Waals surface area contributed by atoms with Gasteiger partial charge in [0.15, 0.2) is 0 Å². The van der Waals surface area contributed by atoms with Crippen molar-refractivity contribution in [1.29, 1.82) is 0 Å². The van der Waals surface area contributed by atoms with Crippen molar-refractivity contribution in [3.05, 3.63) is 48.0 Å². The molecule has 142 valence electrons. The van der Waals surface area contributed by atoms with E-state index >= 15 is 0 Å². The predicted molar refractivity (Wildman–Crippen MR) is 99.5 cm³/mol. The second-order valence-corrected chi connectivity index (χ2v) is 7.62. The van der Waals surface area contributed by atoms with Crippen LogP contribution < -0.4 is 5.32 Å². The Balaban J connectivity index is 1.34. The molecule has 0 unspecified atom stereocenters. The fraction of sp³-hybridized carbons (Fsp3) is 0.500. The van der Waals surface area contributed by atoms with Crippen LogP contribution in [0.25, 0.3) is 0 Å². The van der Waals surface area contributed by atoms with Gasteiger partial charge >= 0.3 is 0 Å². The van der Waals surface area contributed by atoms with Crippen molar-refractivity contribution in [2.45, 2.75) is 38.8 Å². The summed E-state index contributed by atoms with van der Waals surface area (Å²) in [5.41, 5.74) is 2.14. The lowest BCUT2D eigenvalue weighted by Gasteiger charge is -2.34. The summed E-state index contributed by atoms with van der Waals surface area (Å²) in [5, 5.41) is 7.36. The van der Waals surface area contributed by atoms with Crippen LogP contribution in [0.3, 0.4) is 0 Å². The number of nitrogens with one attached hydrogen (secondary N) is 1. The van der Waals surface area contributed by atoms with Crippen LogP contribution in [0.5, 0.6) is 0 Å². The third-order valence-corrected chi connectivity index (χ3v) is 5.53. The van der Waals surface area contributed by atoms with E-state index in [1.54, 1.807) is 18.6 Å². The van der Waals surface area contributed by atoms with Crippen LogP contribution in [-0.4, -0.2) is 44.6 Å². The Kier molecular flexibility index (Phi) is 4.92. The van der Waals surface area contributed by atoms with E-state index in [0.717, 1.165) is 24.1 Å². The molecular formula is C20H25N5O2. The molecule has 1 N–H and O–H groups in total. The highest BCUT2D eigenvalue weighted by Gasteiger charge is 2.43. The van der Waals surface area contributed by atoms with Crippen molar-refractivity contribution < 1.29 is 9.59 Å². The molecule has 2 amide bonds. The van der Waals surface area contributed by atoms with Gasteiger partial charge in [0, 0.05) is 37.6 Å². The molecule has 0 aromatic carbocycles. The zero-order valence-corrected chi connectivity index (χ0v) is 15.5. The number of carbonyl (C=O) groups excluding carboxylic acids is 2. The number of aromatic nitrogens is 3. The van der Waals surface area contributed by atoms with Gasteiger partial charge < -0.3 is 10.2 Å². The molecule has 7 nitrogen and oxygen atoms in total. The zero-order valence-electron chi connectivity index (χ0n) is 15.5. The normalized spacial score (nSPS) is 23.6. The molecule has 0 saturated heterocycles. The maximum atomic E-state index is 12.7. The number of pyridine rings is 1. The Bertz CT molecular complexity index is 819. The van der Waals surface area contributed by atoms with Gasteiger partial charge in [-0.05, 0) is 42.5 Å². The number of carbonyl (C=O) groups is 2. The van der Waals surface area contributed by atoms with Gasteiger partial charge in [0.1, 0.15) is 0 Å². The van der Waals surface area contributed by atoms with E-state index in [0.29, 0.717) is 32.0 Å². The number of hydrogen-bond acceptors (Lipinski definition) is 4. The SMILES string of the molecule is C[C@@H]1C[C@H]1C(=O)N1Cc2ccnn2[C@H](CC(=O)NCCc2ccncc2)C1. The fourth-order valence-electron chi connectivity index (χ4n) is 3.79. The van der Waals surface area contributed by atoms with Crippen molar-refractivity contribution in [1.82, 2.24) is 25.0 Å². The molecule has 0 radical (unpaired) electrons. The molecule has 1 aliphatic heterocycles. The first-order valence-electron chi connectivity index (χ1n) is 9.58. The Morgan fingerprint density at radius 2 is 2.00 bits per heavy atom. The first kappa shape index (κ1) is 17.7. The predicted octanol–water partition coefficient (Wildman–Crippen LogP) is 1.57. The van der Waals surface area contributed by atoms with E-state index in [4.69, 9.17) is 0 Å². The van der Waals surface area contributed by atoms with E-state index in [-0.39, 0.29) is 23.8 Å². The summed E-state index contributed by atoms with van der Waals surface area (Å²) in [6, 6.07) is 5.73. The minimum absolute atomic E-state index is 0.00963. The largest absolute Gasteiger partial charge is 0.356 e. The monoisotopic (exact) mass is 367 g/mol. The Morgan fingerprint density at radius 1 is 1.22 bits per heavy atom. The van der Waals surface area contributed by atoms with E-state index in [1.165, 1.54) is 0 Å². The van der Waals surface area contributed by atoms with Crippen molar-refractivity contribution in [2.75, 3.05) is 13.1 Å². The number of rotatable bonds is 6. The van der Waals surface area contributed by atoms with E-state index < -0.39 is 0 Å². The average Bonchev–Trinajstić information content (AvgIpc) is 3.20. The number of nitrogens with zero attached hydrogens (tertiary/aromatic N) is 4. The summed E-state index contributed by atoms with van der Waals surface area (Å²) < 4.78 is 1.91. The second-order valence-electron chi connectivity index (χ2n) is 7.62. The van der Waals surface area contributed by atoms with E-state index in [2.05, 4.69) is 22.3 Å². The third-order valence-electron chi connectivity index (χ3n) is 5.53. The molecule has 2 aromatic rings. The summed E-state index contributed by atoms with van der Waals surface area (Å²) >= 11 is 0. The molecule has 1 saturated carbocycles. The van der Waals surface area contributed by atoms with Gasteiger partial charge in [-0.2, -0.15) is 5.10 Å². The van der Waals surface area contributed by atoms with Crippen LogP contribution in [0.1, 0.15) is 37.1 Å². The molecular weight excluding hydrogens is 342 g/mol. The highest BCUT2D eigenvalue weighted by atomic mass is 16.2. The molecule has 0 spiro atoms. The van der Waals surface area contributed by atoms with Gasteiger partial charge in [-0.25, -0.2) is 0 Å². The van der Waals surface area contributed by atoms with E-state index in [1.807, 2.05) is 27.8 Å². The van der Waals surface area contributed by atoms with Crippen LogP contribution in [0, 0.1) is 11.8 Å². The quantitative estimate of drug-likeness (QED) is 0.840. The topological polar surface area (TPSA) is 80.1 Å². The summed E-state index contributed by atoms with van der Waals surface area (Å²) in [7, 11) is 0. The minimum atomic E-state index is -0.109. The average molecular weight is 367 g/mol. The summed E-state index contributed by atoms with van der Waals surface area (Å²) in [6.45, 7) is 3.84. The number of hydrogen-bond donors (Lipinski definition) is 1. The Labute approximate surface area is 158 Å². The maximum Gasteiger partial charge on any atom is 0.226 e. The lowest BCUT2D eigenvalue weighted by molar-refractivity contribution is -0.136. The molecule has 3 heterocycles. The van der Waals surface area contributed by atoms with Gasteiger partial charge in [-0.3, -0.25) is 19.3 Å². The molecule has 1 aliphatic carbocycles. The summed E-state index contributed by atoms with van der Waals surface area (Å²) in [4.78, 5) is 31.0. The lowest BCUT2D eigenvalue weighted by Crippen LogP contribution is -2.43. The van der Waals surface area contributed by atoms with Crippen LogP contribution in [0.4, 0.5) is 0 Å². The summed E-state index contributed by atoms with van der Waals surface area (Å²) in [6.07, 6.45) is 7.34. The first-order chi connectivity index (χ1) is 13.1. The van der Waals surface area contributed by atoms with Gasteiger partial charge in [0.2, 0.25) is 11.8 Å². The molecule has 1 fully saturated rings. The van der Waals surface area contributed by atoms with Crippen molar-refractivity contribution in [2.24, 2.45) is 11.8 Å². The van der Waals surface area contributed by atoms with Gasteiger partial charge in [-0.1, -0.05) is 6.92 Å². The van der Waals surface area contributed by atoms with Crippen LogP contribution in [-0.2, 0) is 22.6 Å². The highest BCUT2D eigenvalue weighted by Crippen LogP contribution is 2.40.